The molecule has 0 saturated carbocycles. The largest absolute Gasteiger partial charge is 0.508 e. The van der Waals surface area contributed by atoms with Gasteiger partial charge in [-0.2, -0.15) is 0 Å². The number of nitrogens with one attached hydrogen (secondary N) is 2. The topological polar surface area (TPSA) is 196 Å². The van der Waals surface area contributed by atoms with Crippen LogP contribution < -0.4 is 31.1 Å². The third kappa shape index (κ3) is 16.8. The molecule has 0 radical (unpaired) electrons. The second-order valence-corrected chi connectivity index (χ2v) is 23.7. The molecule has 3 heterocycles. The molecule has 16 nitrogen and oxygen atoms in total. The molecule has 21 heteroatoms. The first-order chi connectivity index (χ1) is 42.0. The average molecular weight is 1330 g/mol. The molecule has 0 aliphatic rings. The van der Waals surface area contributed by atoms with Crippen molar-refractivity contribution in [2.75, 3.05) is 73.4 Å². The lowest BCUT2D eigenvalue weighted by Crippen LogP contribution is -2.08. The number of benzene rings is 9. The van der Waals surface area contributed by atoms with Crippen LogP contribution in [-0.2, 0) is 0 Å². The second kappa shape index (κ2) is 29.4. The Morgan fingerprint density at radius 3 is 1.19 bits per heavy atom. The van der Waals surface area contributed by atoms with Gasteiger partial charge in [-0.3, -0.25) is 0 Å². The number of nitrogens with zero attached hydrogens (tertiary/aromatic N) is 12. The zero-order valence-electron chi connectivity index (χ0n) is 50.9. The van der Waals surface area contributed by atoms with Crippen molar-refractivity contribution in [3.63, 3.8) is 0 Å². The van der Waals surface area contributed by atoms with E-state index in [1.807, 2.05) is 195 Å². The molecule has 0 bridgehead atoms. The van der Waals surface area contributed by atoms with Gasteiger partial charge < -0.3 is 36.2 Å². The zero-order valence-corrected chi connectivity index (χ0v) is 55.6. The Morgan fingerprint density at radius 1 is 0.416 bits per heavy atom. The highest BCUT2D eigenvalue weighted by Crippen LogP contribution is 2.36. The first-order valence-electron chi connectivity index (χ1n) is 27.8. The van der Waals surface area contributed by atoms with Gasteiger partial charge in [0.25, 0.3) is 0 Å². The fraction of sp³-hybridized carbons (Fsp3) is 0.162. The quantitative estimate of drug-likeness (QED) is 0.101. The monoisotopic (exact) mass is 1330 g/mol. The minimum atomic E-state index is 0. The van der Waals surface area contributed by atoms with Crippen molar-refractivity contribution in [3.8, 4) is 39.1 Å². The maximum atomic E-state index is 9.80. The standard InChI is InChI=1S/C23H22ClN5.C22H20ClN5O.C15H13ClN4.C8H10BrN.ClH/c1-14-8-9-20(24)19(10-14)16-11-15(2)22-21(12-16)27-28-23(26-22)25-17-6-5-7-18(13-17)29(3)4;1-13-9-14(18-12-17(29)7-8-19(18)23)10-20-21(13)25-22(27-26-20)24-15-5-4-6-16(11-15)28(2)3;1-8-3-4-12(16)11(5-8)10-6-9(2)14-13(7-10)19-20-15(17)18-14;1-10(2)8-5-3-4-7(9)6-8;/h5-13H,1-4H3,(H,25,26,28);4-12,29H,1-3H3,(H,24,25,27);3-7H,1-2H3,(H2,17,18,20);3-6H,1-2H3;1H. The van der Waals surface area contributed by atoms with Crippen LogP contribution in [0.5, 0.6) is 5.75 Å². The Hall–Kier alpha value is -8.97. The zero-order chi connectivity index (χ0) is 62.9. The number of phenolic OH excluding ortho intramolecular Hbond substituents is 1. The molecular formula is C68H66BrCl4N15O. The van der Waals surface area contributed by atoms with E-state index in [1.54, 1.807) is 18.2 Å². The van der Waals surface area contributed by atoms with E-state index >= 15 is 0 Å². The molecule has 0 aliphatic carbocycles. The predicted molar refractivity (Wildman–Crippen MR) is 377 cm³/mol. The van der Waals surface area contributed by atoms with E-state index in [4.69, 9.17) is 40.5 Å². The number of halogens is 5. The summed E-state index contributed by atoms with van der Waals surface area (Å²) in [5.74, 6) is 1.24. The Morgan fingerprint density at radius 2 is 0.787 bits per heavy atom. The van der Waals surface area contributed by atoms with Gasteiger partial charge >= 0.3 is 0 Å². The highest BCUT2D eigenvalue weighted by Gasteiger charge is 2.15. The Labute approximate surface area is 547 Å². The summed E-state index contributed by atoms with van der Waals surface area (Å²) >= 11 is 22.4. The first kappa shape index (κ1) is 66.0. The number of hydrogen-bond acceptors (Lipinski definition) is 16. The highest BCUT2D eigenvalue weighted by molar-refractivity contribution is 9.10. The van der Waals surface area contributed by atoms with Crippen molar-refractivity contribution in [1.82, 2.24) is 45.5 Å². The van der Waals surface area contributed by atoms with Crippen LogP contribution in [-0.4, -0.2) is 92.9 Å². The molecule has 0 saturated heterocycles. The summed E-state index contributed by atoms with van der Waals surface area (Å²) in [7, 11) is 12.1. The SMILES string of the molecule is CN(C)c1cccc(Br)c1.Cc1cc(-c2cc(O)ccc2Cl)cc2nnc(Nc3cccc(N(C)C)c3)nc12.Cc1ccc(Cl)c(-c2cc(C)c3nc(N)nnc3c2)c1.Cc1ccc(Cl)c(-c2cc(C)c3nc(Nc4cccc(N(C)C)c4)nnc3c2)c1.Cl. The number of rotatable bonds is 10. The van der Waals surface area contributed by atoms with E-state index in [1.165, 1.54) is 5.69 Å². The number of fused-ring (bicyclic) bond motifs is 3. The van der Waals surface area contributed by atoms with Crippen LogP contribution in [0.3, 0.4) is 0 Å². The molecule has 0 atom stereocenters. The highest BCUT2D eigenvalue weighted by atomic mass is 79.9. The Kier molecular flexibility index (Phi) is 21.8. The number of aryl methyl sites for hydroxylation is 5. The molecule has 89 heavy (non-hydrogen) atoms. The van der Waals surface area contributed by atoms with Gasteiger partial charge in [0.15, 0.2) is 0 Å². The van der Waals surface area contributed by atoms with Crippen molar-refractivity contribution in [2.45, 2.75) is 34.6 Å². The number of nitrogens with two attached hydrogens (primary N) is 1. The van der Waals surface area contributed by atoms with Crippen molar-refractivity contribution in [3.05, 3.63) is 211 Å². The third-order valence-electron chi connectivity index (χ3n) is 14.0. The molecular weight excluding hydrogens is 1260 g/mol. The van der Waals surface area contributed by atoms with Crippen molar-refractivity contribution in [1.29, 1.82) is 0 Å². The lowest BCUT2D eigenvalue weighted by atomic mass is 10.0. The summed E-state index contributed by atoms with van der Waals surface area (Å²) < 4.78 is 1.12. The van der Waals surface area contributed by atoms with Gasteiger partial charge in [0.05, 0.1) is 16.6 Å². The fourth-order valence-corrected chi connectivity index (χ4v) is 10.5. The smallest absolute Gasteiger partial charge is 0.247 e. The van der Waals surface area contributed by atoms with Gasteiger partial charge in [-0.1, -0.05) is 92.2 Å². The summed E-state index contributed by atoms with van der Waals surface area (Å²) in [4.78, 5) is 19.7. The fourth-order valence-electron chi connectivity index (χ4n) is 9.41. The molecule has 5 N–H and O–H groups in total. The van der Waals surface area contributed by atoms with Crippen molar-refractivity contribution >= 4 is 143 Å². The van der Waals surface area contributed by atoms with Gasteiger partial charge in [-0.05, 0) is 201 Å². The van der Waals surface area contributed by atoms with E-state index in [0.29, 0.717) is 38.0 Å². The number of aromatic nitrogens is 9. The molecule has 3 aromatic heterocycles. The summed E-state index contributed by atoms with van der Waals surface area (Å²) in [6, 6.07) is 53.0. The van der Waals surface area contributed by atoms with Crippen LogP contribution in [0.15, 0.2) is 168 Å². The van der Waals surface area contributed by atoms with Gasteiger partial charge in [-0.25, -0.2) is 15.0 Å². The lowest BCUT2D eigenvalue weighted by Gasteiger charge is -2.14. The van der Waals surface area contributed by atoms with E-state index < -0.39 is 0 Å². The molecule has 0 fully saturated rings. The van der Waals surface area contributed by atoms with Crippen molar-refractivity contribution in [2.24, 2.45) is 0 Å². The number of anilines is 8. The van der Waals surface area contributed by atoms with Gasteiger partial charge in [0.2, 0.25) is 17.8 Å². The van der Waals surface area contributed by atoms with Gasteiger partial charge in [0.1, 0.15) is 22.3 Å². The maximum Gasteiger partial charge on any atom is 0.247 e. The molecule has 12 aromatic rings. The molecule has 0 amide bonds. The van der Waals surface area contributed by atoms with Crippen LogP contribution in [0.2, 0.25) is 15.1 Å². The third-order valence-corrected chi connectivity index (χ3v) is 15.4. The molecule has 0 unspecified atom stereocenters. The predicted octanol–water partition coefficient (Wildman–Crippen LogP) is 17.4. The number of aromatic hydroxyl groups is 1. The van der Waals surface area contributed by atoms with E-state index in [0.717, 1.165) is 110 Å². The average Bonchev–Trinajstić information content (AvgIpc) is 1.57. The maximum absolute atomic E-state index is 9.80. The minimum absolute atomic E-state index is 0. The number of hydrogen-bond donors (Lipinski definition) is 4. The summed E-state index contributed by atoms with van der Waals surface area (Å²) in [5.41, 5.74) is 26.1. The van der Waals surface area contributed by atoms with Crippen LogP contribution >= 0.6 is 63.1 Å². The van der Waals surface area contributed by atoms with Crippen LogP contribution in [0.25, 0.3) is 66.5 Å². The van der Waals surface area contributed by atoms with E-state index in [-0.39, 0.29) is 24.1 Å². The molecule has 0 aliphatic heterocycles. The Bertz CT molecular complexity index is 4320. The normalized spacial score (nSPS) is 10.6. The van der Waals surface area contributed by atoms with E-state index in [9.17, 15) is 5.11 Å². The Balaban J connectivity index is 0.000000161. The minimum Gasteiger partial charge on any atom is -0.508 e. The molecule has 0 spiro atoms. The molecule has 9 aromatic carbocycles. The second-order valence-electron chi connectivity index (χ2n) is 21.6. The molecule has 12 rings (SSSR count). The van der Waals surface area contributed by atoms with Crippen molar-refractivity contribution < 1.29 is 5.11 Å². The summed E-state index contributed by atoms with van der Waals surface area (Å²) in [6.45, 7) is 10.1. The molecule has 454 valence electrons. The first-order valence-corrected chi connectivity index (χ1v) is 29.7. The van der Waals surface area contributed by atoms with Crippen LogP contribution in [0.4, 0.5) is 46.3 Å². The van der Waals surface area contributed by atoms with Gasteiger partial charge in [0, 0.05) is 107 Å². The number of phenols is 1. The van der Waals surface area contributed by atoms with Gasteiger partial charge in [-0.15, -0.1) is 43.0 Å². The number of nitrogen functional groups attached to an aromatic ring is 1. The lowest BCUT2D eigenvalue weighted by molar-refractivity contribution is 0.475. The van der Waals surface area contributed by atoms with Crippen LogP contribution in [0, 0.1) is 34.6 Å². The summed E-state index contributed by atoms with van der Waals surface area (Å²) in [5, 5.41) is 43.4. The van der Waals surface area contributed by atoms with Crippen LogP contribution in [0.1, 0.15) is 27.8 Å². The van der Waals surface area contributed by atoms with E-state index in [2.05, 4.69) is 114 Å². The summed E-state index contributed by atoms with van der Waals surface area (Å²) in [6.07, 6.45) is 0.